The molecule has 0 N–H and O–H groups in total. The van der Waals surface area contributed by atoms with Crippen molar-refractivity contribution in [1.82, 2.24) is 19.3 Å². The number of hydrogen-bond donors (Lipinski definition) is 0. The summed E-state index contributed by atoms with van der Waals surface area (Å²) >= 11 is 6.61. The van der Waals surface area contributed by atoms with E-state index in [9.17, 15) is 4.39 Å². The Hall–Kier alpha value is -3.22. The molecule has 35 heavy (non-hydrogen) atoms. The molecule has 2 aliphatic rings. The molecule has 4 heterocycles. The van der Waals surface area contributed by atoms with Gasteiger partial charge in [-0.05, 0) is 76.6 Å². The Kier molecular flexibility index (Phi) is 5.78. The molecule has 4 aromatic rings. The van der Waals surface area contributed by atoms with Crippen LogP contribution in [0.5, 0.6) is 5.75 Å². The van der Waals surface area contributed by atoms with Gasteiger partial charge in [0.1, 0.15) is 11.4 Å². The van der Waals surface area contributed by atoms with E-state index in [1.54, 1.807) is 19.5 Å². The lowest BCUT2D eigenvalue weighted by atomic mass is 9.80. The number of allylic oxidation sites excluding steroid dienone is 1. The van der Waals surface area contributed by atoms with E-state index in [-0.39, 0.29) is 12.6 Å². The Bertz CT molecular complexity index is 1440. The fraction of sp³-hybridized carbons (Fsp3) is 0.286. The number of methoxy groups -OCH3 is 1. The van der Waals surface area contributed by atoms with Gasteiger partial charge in [0, 0.05) is 50.3 Å². The van der Waals surface area contributed by atoms with Crippen molar-refractivity contribution >= 4 is 28.4 Å². The second-order valence-corrected chi connectivity index (χ2v) is 9.77. The number of halogens is 2. The number of pyridine rings is 2. The van der Waals surface area contributed by atoms with Crippen molar-refractivity contribution in [3.8, 4) is 5.75 Å². The van der Waals surface area contributed by atoms with E-state index < -0.39 is 0 Å². The van der Waals surface area contributed by atoms with Crippen molar-refractivity contribution in [3.63, 3.8) is 0 Å². The third-order valence-electron chi connectivity index (χ3n) is 7.06. The highest BCUT2D eigenvalue weighted by atomic mass is 35.5. The van der Waals surface area contributed by atoms with Crippen LogP contribution in [0.4, 0.5) is 4.39 Å². The molecule has 5 nitrogen and oxygen atoms in total. The highest BCUT2D eigenvalue weighted by Crippen LogP contribution is 2.43. The van der Waals surface area contributed by atoms with Gasteiger partial charge in [-0.25, -0.2) is 4.98 Å². The summed E-state index contributed by atoms with van der Waals surface area (Å²) < 4.78 is 20.3. The van der Waals surface area contributed by atoms with E-state index in [4.69, 9.17) is 21.3 Å². The smallest absolute Gasteiger partial charge is 0.137 e. The van der Waals surface area contributed by atoms with Gasteiger partial charge < -0.3 is 9.14 Å². The molecule has 6 rings (SSSR count). The van der Waals surface area contributed by atoms with Crippen molar-refractivity contribution < 1.29 is 9.13 Å². The van der Waals surface area contributed by atoms with Crippen molar-refractivity contribution in [3.05, 3.63) is 94.2 Å². The van der Waals surface area contributed by atoms with E-state index in [2.05, 4.69) is 50.9 Å². The number of rotatable bonds is 6. The van der Waals surface area contributed by atoms with Crippen molar-refractivity contribution in [2.75, 3.05) is 26.9 Å². The molecule has 0 amide bonds. The number of ether oxygens (including phenoxy) is 1. The predicted molar refractivity (Wildman–Crippen MR) is 136 cm³/mol. The Morgan fingerprint density at radius 1 is 1.11 bits per heavy atom. The van der Waals surface area contributed by atoms with Gasteiger partial charge in [-0.15, -0.1) is 0 Å². The van der Waals surface area contributed by atoms with Crippen LogP contribution in [0.25, 0.3) is 16.8 Å². The Balaban J connectivity index is 1.44. The van der Waals surface area contributed by atoms with Crippen LogP contribution in [0.15, 0.2) is 61.2 Å². The summed E-state index contributed by atoms with van der Waals surface area (Å²) in [5, 5.41) is 0.655. The minimum absolute atomic E-state index is 0.175. The van der Waals surface area contributed by atoms with E-state index >= 15 is 0 Å². The molecule has 1 saturated heterocycles. The number of nitrogens with zero attached hydrogens (tertiary/aromatic N) is 4. The quantitative estimate of drug-likeness (QED) is 0.349. The highest BCUT2D eigenvalue weighted by Gasteiger charge is 2.27. The zero-order chi connectivity index (χ0) is 23.9. The van der Waals surface area contributed by atoms with Crippen LogP contribution in [-0.4, -0.2) is 46.1 Å². The molecule has 0 unspecified atom stereocenters. The van der Waals surface area contributed by atoms with E-state index in [1.165, 1.54) is 22.3 Å². The Labute approximate surface area is 208 Å². The summed E-state index contributed by atoms with van der Waals surface area (Å²) in [6.45, 7) is 2.12. The zero-order valence-electron chi connectivity index (χ0n) is 19.5. The van der Waals surface area contributed by atoms with E-state index in [0.29, 0.717) is 5.02 Å². The minimum Gasteiger partial charge on any atom is -0.497 e. The maximum Gasteiger partial charge on any atom is 0.137 e. The number of likely N-dealkylation sites (tertiary alicyclic amines) is 1. The van der Waals surface area contributed by atoms with Crippen LogP contribution >= 0.6 is 11.6 Å². The number of benzene rings is 1. The normalized spacial score (nSPS) is 16.4. The van der Waals surface area contributed by atoms with Gasteiger partial charge >= 0.3 is 0 Å². The molecular weight excluding hydrogens is 463 g/mol. The van der Waals surface area contributed by atoms with Crippen LogP contribution in [-0.2, 0) is 13.0 Å². The van der Waals surface area contributed by atoms with Gasteiger partial charge in [-0.2, -0.15) is 0 Å². The molecule has 1 aliphatic heterocycles. The van der Waals surface area contributed by atoms with Crippen LogP contribution in [0.3, 0.4) is 0 Å². The van der Waals surface area contributed by atoms with Gasteiger partial charge in [0.2, 0.25) is 0 Å². The first-order valence-corrected chi connectivity index (χ1v) is 12.3. The topological polar surface area (TPSA) is 42.7 Å². The summed E-state index contributed by atoms with van der Waals surface area (Å²) in [6, 6.07) is 12.6. The molecule has 1 aliphatic carbocycles. The van der Waals surface area contributed by atoms with Crippen LogP contribution in [0.2, 0.25) is 5.02 Å². The molecule has 178 valence electrons. The lowest BCUT2D eigenvalue weighted by molar-refractivity contribution is 0.0727. The maximum atomic E-state index is 12.8. The number of aromatic nitrogens is 3. The van der Waals surface area contributed by atoms with E-state index in [0.717, 1.165) is 60.7 Å². The molecule has 0 spiro atoms. The monoisotopic (exact) mass is 488 g/mol. The molecule has 0 saturated carbocycles. The lowest BCUT2D eigenvalue weighted by Crippen LogP contribution is -2.46. The van der Waals surface area contributed by atoms with Gasteiger partial charge in [0.05, 0.1) is 24.5 Å². The molecule has 0 radical (unpaired) electrons. The van der Waals surface area contributed by atoms with Crippen molar-refractivity contribution in [1.29, 1.82) is 0 Å². The number of hydrogen-bond acceptors (Lipinski definition) is 4. The van der Waals surface area contributed by atoms with Gasteiger partial charge in [0.25, 0.3) is 0 Å². The second-order valence-electron chi connectivity index (χ2n) is 9.36. The van der Waals surface area contributed by atoms with Gasteiger partial charge in [-0.1, -0.05) is 17.7 Å². The maximum absolute atomic E-state index is 12.8. The molecule has 1 fully saturated rings. The standard InChI is InChI=1S/C28H26ClFN4O/c1-35-22-3-5-23-19(10-22)2-4-25(24-6-8-31-13-26(24)29)28(23)20-7-9-34-17-21(32-27(34)11-20)16-33-14-18(12-30)15-33/h3,5-11,13,17-18H,2,4,12,14-16H2,1H3. The third kappa shape index (κ3) is 4.11. The van der Waals surface area contributed by atoms with Crippen molar-refractivity contribution in [2.24, 2.45) is 5.92 Å². The van der Waals surface area contributed by atoms with Gasteiger partial charge in [-0.3, -0.25) is 14.3 Å². The first-order valence-electron chi connectivity index (χ1n) is 11.9. The highest BCUT2D eigenvalue weighted by molar-refractivity contribution is 6.32. The minimum atomic E-state index is -0.239. The zero-order valence-corrected chi connectivity index (χ0v) is 20.3. The van der Waals surface area contributed by atoms with E-state index in [1.807, 2.05) is 12.1 Å². The van der Waals surface area contributed by atoms with Crippen LogP contribution in [0, 0.1) is 5.92 Å². The first-order chi connectivity index (χ1) is 17.1. The molecule has 0 bridgehead atoms. The first kappa shape index (κ1) is 22.3. The van der Waals surface area contributed by atoms with Gasteiger partial charge in [0.15, 0.2) is 0 Å². The fourth-order valence-electron chi connectivity index (χ4n) is 5.31. The summed E-state index contributed by atoms with van der Waals surface area (Å²) in [4.78, 5) is 11.3. The molecular formula is C28H26ClFN4O. The number of imidazole rings is 1. The second kappa shape index (κ2) is 9.10. The fourth-order valence-corrected chi connectivity index (χ4v) is 5.55. The number of fused-ring (bicyclic) bond motifs is 2. The SMILES string of the molecule is COc1ccc2c(c1)CCC(c1ccncc1Cl)=C2c1ccn2cc(CN3CC(CF)C3)nc2c1. The summed E-state index contributed by atoms with van der Waals surface area (Å²) in [6.07, 6.45) is 9.42. The van der Waals surface area contributed by atoms with Crippen LogP contribution in [0.1, 0.15) is 34.4 Å². The lowest BCUT2D eigenvalue weighted by Gasteiger charge is -2.37. The molecule has 0 atom stereocenters. The molecule has 1 aromatic carbocycles. The predicted octanol–water partition coefficient (Wildman–Crippen LogP) is 5.70. The summed E-state index contributed by atoms with van der Waals surface area (Å²) in [5.41, 5.74) is 8.85. The summed E-state index contributed by atoms with van der Waals surface area (Å²) in [5.74, 6) is 1.04. The molecule has 3 aromatic heterocycles. The average molecular weight is 489 g/mol. The number of aryl methyl sites for hydroxylation is 1. The Morgan fingerprint density at radius 3 is 2.80 bits per heavy atom. The number of alkyl halides is 1. The average Bonchev–Trinajstić information content (AvgIpc) is 3.27. The van der Waals surface area contributed by atoms with Crippen molar-refractivity contribution in [2.45, 2.75) is 19.4 Å². The largest absolute Gasteiger partial charge is 0.497 e. The van der Waals surface area contributed by atoms with Crippen LogP contribution < -0.4 is 4.74 Å². The third-order valence-corrected chi connectivity index (χ3v) is 7.36. The molecule has 7 heteroatoms. The Morgan fingerprint density at radius 2 is 2.00 bits per heavy atom. The summed E-state index contributed by atoms with van der Waals surface area (Å²) in [7, 11) is 1.70.